The molecule has 5 nitrogen and oxygen atoms in total. The second kappa shape index (κ2) is 6.05. The lowest BCUT2D eigenvalue weighted by atomic mass is 9.99. The molecule has 1 aliphatic heterocycles. The predicted molar refractivity (Wildman–Crippen MR) is 75.2 cm³/mol. The Bertz CT molecular complexity index is 525. The average Bonchev–Trinajstić information content (AvgIpc) is 2.43. The fraction of sp³-hybridized carbons (Fsp3) is 0.467. The quantitative estimate of drug-likeness (QED) is 0.915. The summed E-state index contributed by atoms with van der Waals surface area (Å²) in [6.45, 7) is 4.48. The van der Waals surface area contributed by atoms with E-state index in [0.29, 0.717) is 6.54 Å². The summed E-state index contributed by atoms with van der Waals surface area (Å²) in [4.78, 5) is 24.8. The zero-order valence-electron chi connectivity index (χ0n) is 11.8. The van der Waals surface area contributed by atoms with Crippen LogP contribution in [0, 0.1) is 0 Å². The number of aromatic carboxylic acids is 1. The van der Waals surface area contributed by atoms with Gasteiger partial charge in [-0.2, -0.15) is 0 Å². The highest BCUT2D eigenvalue weighted by atomic mass is 16.5. The molecule has 1 aromatic rings. The van der Waals surface area contributed by atoms with Crippen molar-refractivity contribution in [2.75, 3.05) is 18.1 Å². The Hall–Kier alpha value is -1.88. The summed E-state index contributed by atoms with van der Waals surface area (Å²) in [5, 5.41) is 9.01. The summed E-state index contributed by atoms with van der Waals surface area (Å²) in [7, 11) is 0. The molecule has 1 aliphatic rings. The maximum Gasteiger partial charge on any atom is 0.335 e. The van der Waals surface area contributed by atoms with Gasteiger partial charge in [-0.25, -0.2) is 4.79 Å². The van der Waals surface area contributed by atoms with Gasteiger partial charge in [0.25, 0.3) is 5.91 Å². The van der Waals surface area contributed by atoms with Gasteiger partial charge in [0.15, 0.2) is 0 Å². The van der Waals surface area contributed by atoms with Crippen LogP contribution in [-0.2, 0) is 16.0 Å². The van der Waals surface area contributed by atoms with E-state index in [1.54, 1.807) is 17.0 Å². The summed E-state index contributed by atoms with van der Waals surface area (Å²) in [5.74, 6) is -1.03. The molecule has 0 fully saturated rings. The van der Waals surface area contributed by atoms with Gasteiger partial charge in [-0.15, -0.1) is 0 Å². The topological polar surface area (TPSA) is 66.8 Å². The van der Waals surface area contributed by atoms with Gasteiger partial charge < -0.3 is 14.7 Å². The van der Waals surface area contributed by atoms with Crippen molar-refractivity contribution in [1.29, 1.82) is 0 Å². The molecule has 0 aliphatic carbocycles. The molecular formula is C15H19NO4. The molecule has 0 radical (unpaired) electrons. The Morgan fingerprint density at radius 3 is 2.80 bits per heavy atom. The van der Waals surface area contributed by atoms with E-state index < -0.39 is 5.97 Å². The number of nitrogens with zero attached hydrogens (tertiary/aromatic N) is 1. The molecule has 1 aromatic carbocycles. The number of hydrogen-bond donors (Lipinski definition) is 1. The molecule has 0 spiro atoms. The summed E-state index contributed by atoms with van der Waals surface area (Å²) in [5.41, 5.74) is 1.98. The summed E-state index contributed by atoms with van der Waals surface area (Å²) in [6, 6.07) is 4.90. The lowest BCUT2D eigenvalue weighted by Crippen LogP contribution is -2.38. The zero-order chi connectivity index (χ0) is 14.7. The van der Waals surface area contributed by atoms with Gasteiger partial charge in [0, 0.05) is 12.2 Å². The van der Waals surface area contributed by atoms with E-state index in [4.69, 9.17) is 9.84 Å². The van der Waals surface area contributed by atoms with E-state index in [1.807, 2.05) is 13.8 Å². The largest absolute Gasteiger partial charge is 0.478 e. The van der Waals surface area contributed by atoms with E-state index in [2.05, 4.69) is 0 Å². The molecule has 1 amide bonds. The van der Waals surface area contributed by atoms with E-state index in [-0.39, 0.29) is 24.2 Å². The lowest BCUT2D eigenvalue weighted by molar-refractivity contribution is -0.124. The van der Waals surface area contributed by atoms with Crippen LogP contribution < -0.4 is 4.90 Å². The van der Waals surface area contributed by atoms with Crippen LogP contribution in [-0.4, -0.2) is 36.2 Å². The third kappa shape index (κ3) is 3.17. The van der Waals surface area contributed by atoms with Crippen LogP contribution in [0.5, 0.6) is 0 Å². The minimum atomic E-state index is -0.945. The lowest BCUT2D eigenvalue weighted by Gasteiger charge is -2.30. The Morgan fingerprint density at radius 1 is 1.40 bits per heavy atom. The second-order valence-electron chi connectivity index (χ2n) is 5.16. The smallest absolute Gasteiger partial charge is 0.335 e. The first-order valence-electron chi connectivity index (χ1n) is 6.77. The van der Waals surface area contributed by atoms with Crippen molar-refractivity contribution >= 4 is 17.6 Å². The van der Waals surface area contributed by atoms with Crippen LogP contribution >= 0.6 is 0 Å². The Balaban J connectivity index is 2.20. The van der Waals surface area contributed by atoms with Gasteiger partial charge in [0.05, 0.1) is 11.7 Å². The van der Waals surface area contributed by atoms with Crippen molar-refractivity contribution in [2.45, 2.75) is 32.8 Å². The molecule has 2 rings (SSSR count). The number of carbonyl (C=O) groups excluding carboxylic acids is 1. The molecular weight excluding hydrogens is 258 g/mol. The average molecular weight is 277 g/mol. The maximum absolute atomic E-state index is 12.2. The van der Waals surface area contributed by atoms with Crippen molar-refractivity contribution < 1.29 is 19.4 Å². The molecule has 0 atom stereocenters. The van der Waals surface area contributed by atoms with E-state index >= 15 is 0 Å². The first-order chi connectivity index (χ1) is 9.49. The Kier molecular flexibility index (Phi) is 4.39. The number of benzene rings is 1. The minimum absolute atomic E-state index is 0.0117. The minimum Gasteiger partial charge on any atom is -0.478 e. The van der Waals surface area contributed by atoms with E-state index in [1.165, 1.54) is 6.07 Å². The third-order valence-electron chi connectivity index (χ3n) is 3.29. The first-order valence-corrected chi connectivity index (χ1v) is 6.77. The second-order valence-corrected chi connectivity index (χ2v) is 5.16. The van der Waals surface area contributed by atoms with E-state index in [9.17, 15) is 9.59 Å². The number of aryl methyl sites for hydroxylation is 1. The number of amides is 1. The molecule has 108 valence electrons. The number of ether oxygens (including phenoxy) is 1. The molecule has 1 heterocycles. The number of carboxylic acid groups (broad SMARTS) is 1. The highest BCUT2D eigenvalue weighted by molar-refractivity contribution is 5.96. The number of hydrogen-bond acceptors (Lipinski definition) is 3. The molecule has 0 unspecified atom stereocenters. The van der Waals surface area contributed by atoms with Crippen molar-refractivity contribution in [2.24, 2.45) is 0 Å². The fourth-order valence-corrected chi connectivity index (χ4v) is 2.31. The predicted octanol–water partition coefficient (Wildman–Crippen LogP) is 2.09. The van der Waals surface area contributed by atoms with Crippen LogP contribution in [0.25, 0.3) is 0 Å². The zero-order valence-corrected chi connectivity index (χ0v) is 11.8. The van der Waals surface area contributed by atoms with Crippen molar-refractivity contribution in [3.8, 4) is 0 Å². The standard InChI is InChI=1S/C15H19NO4/c1-10(2)20-9-14(17)16-7-3-4-11-8-12(15(18)19)5-6-13(11)16/h5-6,8,10H,3-4,7,9H2,1-2H3,(H,18,19). The fourth-order valence-electron chi connectivity index (χ4n) is 2.31. The molecule has 5 heteroatoms. The van der Waals surface area contributed by atoms with Gasteiger partial charge in [0.1, 0.15) is 6.61 Å². The van der Waals surface area contributed by atoms with Crippen LogP contribution in [0.3, 0.4) is 0 Å². The van der Waals surface area contributed by atoms with Crippen molar-refractivity contribution in [3.05, 3.63) is 29.3 Å². The van der Waals surface area contributed by atoms with Gasteiger partial charge in [0.2, 0.25) is 0 Å². The van der Waals surface area contributed by atoms with Gasteiger partial charge in [-0.3, -0.25) is 4.79 Å². The molecule has 0 saturated carbocycles. The monoisotopic (exact) mass is 277 g/mol. The molecule has 0 saturated heterocycles. The SMILES string of the molecule is CC(C)OCC(=O)N1CCCc2cc(C(=O)O)ccc21. The molecule has 0 bridgehead atoms. The number of carboxylic acids is 1. The van der Waals surface area contributed by atoms with Crippen molar-refractivity contribution in [3.63, 3.8) is 0 Å². The van der Waals surface area contributed by atoms with Crippen LogP contribution in [0.15, 0.2) is 18.2 Å². The number of carbonyl (C=O) groups is 2. The van der Waals surface area contributed by atoms with Crippen LogP contribution in [0.2, 0.25) is 0 Å². The first kappa shape index (κ1) is 14.5. The van der Waals surface area contributed by atoms with Gasteiger partial charge in [-0.1, -0.05) is 0 Å². The van der Waals surface area contributed by atoms with Gasteiger partial charge >= 0.3 is 5.97 Å². The maximum atomic E-state index is 12.2. The molecule has 0 aromatic heterocycles. The number of rotatable bonds is 4. The Morgan fingerprint density at radius 2 is 2.15 bits per heavy atom. The van der Waals surface area contributed by atoms with Crippen LogP contribution in [0.4, 0.5) is 5.69 Å². The van der Waals surface area contributed by atoms with Gasteiger partial charge in [-0.05, 0) is 50.5 Å². The molecule has 20 heavy (non-hydrogen) atoms. The number of fused-ring (bicyclic) bond motifs is 1. The highest BCUT2D eigenvalue weighted by Gasteiger charge is 2.23. The normalized spacial score (nSPS) is 14.2. The van der Waals surface area contributed by atoms with Crippen molar-refractivity contribution in [1.82, 2.24) is 0 Å². The summed E-state index contributed by atoms with van der Waals surface area (Å²) < 4.78 is 5.35. The number of anilines is 1. The summed E-state index contributed by atoms with van der Waals surface area (Å²) >= 11 is 0. The summed E-state index contributed by atoms with van der Waals surface area (Å²) in [6.07, 6.45) is 1.65. The van der Waals surface area contributed by atoms with Crippen LogP contribution in [0.1, 0.15) is 36.2 Å². The molecule has 1 N–H and O–H groups in total. The van der Waals surface area contributed by atoms with E-state index in [0.717, 1.165) is 24.1 Å². The highest BCUT2D eigenvalue weighted by Crippen LogP contribution is 2.28. The Labute approximate surface area is 118 Å². The third-order valence-corrected chi connectivity index (χ3v) is 3.29.